The number of anilines is 1. The van der Waals surface area contributed by atoms with Crippen molar-refractivity contribution >= 4 is 21.4 Å². The van der Waals surface area contributed by atoms with E-state index in [0.29, 0.717) is 30.2 Å². The first-order chi connectivity index (χ1) is 12.9. The number of methoxy groups -OCH3 is 1. The fourth-order valence-electron chi connectivity index (χ4n) is 3.16. The van der Waals surface area contributed by atoms with Crippen LogP contribution in [0, 0.1) is 5.92 Å². The van der Waals surface area contributed by atoms with Crippen LogP contribution in [0.4, 0.5) is 5.69 Å². The molecule has 0 saturated carbocycles. The number of carbonyl (C=O) groups excluding carboxylic acids is 1. The van der Waals surface area contributed by atoms with Crippen molar-refractivity contribution in [3.05, 3.63) is 59.7 Å². The number of nitrogens with one attached hydrogen (secondary N) is 2. The van der Waals surface area contributed by atoms with E-state index in [1.165, 1.54) is 0 Å². The molecular formula is C20H24N2O4S. The van der Waals surface area contributed by atoms with Crippen LogP contribution in [0.3, 0.4) is 0 Å². The fourth-order valence-corrected chi connectivity index (χ4v) is 5.02. The summed E-state index contributed by atoms with van der Waals surface area (Å²) in [4.78, 5) is 12.3. The van der Waals surface area contributed by atoms with Crippen molar-refractivity contribution in [1.82, 2.24) is 5.32 Å². The molecule has 1 amide bonds. The normalized spacial score (nSPS) is 18.2. The van der Waals surface area contributed by atoms with Crippen molar-refractivity contribution in [2.45, 2.75) is 13.0 Å². The second kappa shape index (κ2) is 8.54. The number of amides is 1. The van der Waals surface area contributed by atoms with E-state index in [-0.39, 0.29) is 17.6 Å². The lowest BCUT2D eigenvalue weighted by Gasteiger charge is -2.11. The average molecular weight is 388 g/mol. The average Bonchev–Trinajstić information content (AvgIpc) is 3.01. The molecule has 0 radical (unpaired) electrons. The Morgan fingerprint density at radius 3 is 2.63 bits per heavy atom. The minimum Gasteiger partial charge on any atom is -0.497 e. The topological polar surface area (TPSA) is 84.5 Å². The maximum atomic E-state index is 12.3. The fraction of sp³-hybridized carbons (Fsp3) is 0.350. The second-order valence-corrected chi connectivity index (χ2v) is 9.01. The Bertz CT molecular complexity index is 894. The molecule has 2 N–H and O–H groups in total. The lowest BCUT2D eigenvalue weighted by Crippen LogP contribution is -2.23. The van der Waals surface area contributed by atoms with Gasteiger partial charge in [-0.15, -0.1) is 0 Å². The van der Waals surface area contributed by atoms with Crippen LogP contribution in [-0.4, -0.2) is 39.5 Å². The number of ether oxygens (including phenoxy) is 1. The summed E-state index contributed by atoms with van der Waals surface area (Å²) in [6, 6.07) is 14.6. The highest BCUT2D eigenvalue weighted by molar-refractivity contribution is 7.91. The van der Waals surface area contributed by atoms with Gasteiger partial charge in [-0.25, -0.2) is 8.42 Å². The van der Waals surface area contributed by atoms with Gasteiger partial charge in [0.1, 0.15) is 5.75 Å². The first kappa shape index (κ1) is 19.4. The highest BCUT2D eigenvalue weighted by atomic mass is 32.2. The maximum absolute atomic E-state index is 12.3. The molecule has 0 bridgehead atoms. The van der Waals surface area contributed by atoms with Crippen molar-refractivity contribution in [2.75, 3.05) is 30.5 Å². The summed E-state index contributed by atoms with van der Waals surface area (Å²) in [5, 5.41) is 6.21. The van der Waals surface area contributed by atoms with Gasteiger partial charge in [0, 0.05) is 17.8 Å². The molecule has 1 atom stereocenters. The summed E-state index contributed by atoms with van der Waals surface area (Å²) < 4.78 is 28.1. The summed E-state index contributed by atoms with van der Waals surface area (Å²) in [6.45, 7) is 1.31. The molecule has 2 aromatic carbocycles. The highest BCUT2D eigenvalue weighted by Crippen LogP contribution is 2.18. The maximum Gasteiger partial charge on any atom is 0.255 e. The van der Waals surface area contributed by atoms with E-state index in [1.54, 1.807) is 31.4 Å². The number of hydrogen-bond donors (Lipinski definition) is 2. The summed E-state index contributed by atoms with van der Waals surface area (Å²) in [6.07, 6.45) is 0.729. The Morgan fingerprint density at radius 1 is 1.19 bits per heavy atom. The molecule has 144 valence electrons. The van der Waals surface area contributed by atoms with E-state index in [2.05, 4.69) is 10.6 Å². The molecule has 0 aliphatic carbocycles. The van der Waals surface area contributed by atoms with E-state index in [1.807, 2.05) is 24.3 Å². The predicted molar refractivity (Wildman–Crippen MR) is 106 cm³/mol. The van der Waals surface area contributed by atoms with Crippen molar-refractivity contribution in [1.29, 1.82) is 0 Å². The van der Waals surface area contributed by atoms with Gasteiger partial charge in [0.15, 0.2) is 9.84 Å². The standard InChI is InChI=1S/C20H24N2O4S/c1-26-19-7-5-17(6-8-19)20(23)22-18-4-2-3-15(11-18)12-21-13-16-9-10-27(24,25)14-16/h2-8,11,16,21H,9-10,12-14H2,1H3,(H,22,23). The summed E-state index contributed by atoms with van der Waals surface area (Å²) in [7, 11) is -1.25. The van der Waals surface area contributed by atoms with E-state index < -0.39 is 9.84 Å². The van der Waals surface area contributed by atoms with Gasteiger partial charge in [-0.1, -0.05) is 12.1 Å². The number of sulfone groups is 1. The Balaban J connectivity index is 1.52. The molecule has 7 heteroatoms. The third-order valence-electron chi connectivity index (χ3n) is 4.63. The first-order valence-electron chi connectivity index (χ1n) is 8.91. The number of hydrogen-bond acceptors (Lipinski definition) is 5. The van der Waals surface area contributed by atoms with Crippen LogP contribution in [0.2, 0.25) is 0 Å². The monoisotopic (exact) mass is 388 g/mol. The van der Waals surface area contributed by atoms with Gasteiger partial charge >= 0.3 is 0 Å². The number of rotatable bonds is 7. The Labute approximate surface area is 159 Å². The molecule has 1 fully saturated rings. The molecule has 1 heterocycles. The molecular weight excluding hydrogens is 364 g/mol. The van der Waals surface area contributed by atoms with Gasteiger partial charge in [-0.05, 0) is 60.8 Å². The molecule has 1 unspecified atom stereocenters. The largest absolute Gasteiger partial charge is 0.497 e. The minimum atomic E-state index is -2.84. The van der Waals surface area contributed by atoms with Crippen LogP contribution < -0.4 is 15.4 Å². The van der Waals surface area contributed by atoms with Gasteiger partial charge in [-0.2, -0.15) is 0 Å². The molecule has 27 heavy (non-hydrogen) atoms. The molecule has 3 rings (SSSR count). The molecule has 2 aromatic rings. The third-order valence-corrected chi connectivity index (χ3v) is 6.46. The van der Waals surface area contributed by atoms with Gasteiger partial charge in [0.25, 0.3) is 5.91 Å². The highest BCUT2D eigenvalue weighted by Gasteiger charge is 2.27. The summed E-state index contributed by atoms with van der Waals surface area (Å²) in [5.74, 6) is 1.28. The third kappa shape index (κ3) is 5.55. The zero-order valence-corrected chi connectivity index (χ0v) is 16.1. The van der Waals surface area contributed by atoms with Crippen LogP contribution >= 0.6 is 0 Å². The zero-order valence-electron chi connectivity index (χ0n) is 15.3. The lowest BCUT2D eigenvalue weighted by molar-refractivity contribution is 0.102. The first-order valence-corrected chi connectivity index (χ1v) is 10.7. The van der Waals surface area contributed by atoms with Gasteiger partial charge in [0.05, 0.1) is 18.6 Å². The van der Waals surface area contributed by atoms with Crippen molar-refractivity contribution in [2.24, 2.45) is 5.92 Å². The van der Waals surface area contributed by atoms with Gasteiger partial charge < -0.3 is 15.4 Å². The minimum absolute atomic E-state index is 0.182. The summed E-state index contributed by atoms with van der Waals surface area (Å²) >= 11 is 0. The van der Waals surface area contributed by atoms with E-state index in [0.717, 1.165) is 17.7 Å². The van der Waals surface area contributed by atoms with E-state index in [4.69, 9.17) is 4.74 Å². The summed E-state index contributed by atoms with van der Waals surface area (Å²) in [5.41, 5.74) is 2.31. The quantitative estimate of drug-likeness (QED) is 0.761. The Kier molecular flexibility index (Phi) is 6.13. The molecule has 0 spiro atoms. The van der Waals surface area contributed by atoms with Gasteiger partial charge in [0.2, 0.25) is 0 Å². The number of benzene rings is 2. The van der Waals surface area contributed by atoms with Crippen molar-refractivity contribution < 1.29 is 17.9 Å². The Hall–Kier alpha value is -2.38. The smallest absolute Gasteiger partial charge is 0.255 e. The van der Waals surface area contributed by atoms with Crippen LogP contribution in [-0.2, 0) is 16.4 Å². The molecule has 6 nitrogen and oxygen atoms in total. The Morgan fingerprint density at radius 2 is 1.96 bits per heavy atom. The molecule has 1 aliphatic heterocycles. The van der Waals surface area contributed by atoms with Gasteiger partial charge in [-0.3, -0.25) is 4.79 Å². The van der Waals surface area contributed by atoms with Crippen LogP contribution in [0.5, 0.6) is 5.75 Å². The number of carbonyl (C=O) groups is 1. The van der Waals surface area contributed by atoms with E-state index >= 15 is 0 Å². The molecule has 1 aliphatic rings. The van der Waals surface area contributed by atoms with Crippen LogP contribution in [0.15, 0.2) is 48.5 Å². The second-order valence-electron chi connectivity index (χ2n) is 6.78. The molecule has 1 saturated heterocycles. The lowest BCUT2D eigenvalue weighted by atomic mass is 10.1. The van der Waals surface area contributed by atoms with Crippen molar-refractivity contribution in [3.8, 4) is 5.75 Å². The molecule has 0 aromatic heterocycles. The van der Waals surface area contributed by atoms with Crippen molar-refractivity contribution in [3.63, 3.8) is 0 Å². The SMILES string of the molecule is COc1ccc(C(=O)Nc2cccc(CNCC3CCS(=O)(=O)C3)c2)cc1. The van der Waals surface area contributed by atoms with Crippen LogP contribution in [0.25, 0.3) is 0 Å². The zero-order chi connectivity index (χ0) is 19.3. The predicted octanol–water partition coefficient (Wildman–Crippen LogP) is 2.47. The van der Waals surface area contributed by atoms with Crippen LogP contribution in [0.1, 0.15) is 22.3 Å². The van der Waals surface area contributed by atoms with E-state index in [9.17, 15) is 13.2 Å².